The van der Waals surface area contributed by atoms with Crippen molar-refractivity contribution in [3.8, 4) is 11.5 Å². The fourth-order valence-electron chi connectivity index (χ4n) is 5.10. The molecule has 3 fully saturated rings. The van der Waals surface area contributed by atoms with Gasteiger partial charge in [0.15, 0.2) is 5.82 Å². The molecule has 0 amide bonds. The fourth-order valence-corrected chi connectivity index (χ4v) is 5.10. The maximum absolute atomic E-state index is 4.98. The number of hydrogen-bond acceptors (Lipinski definition) is 5. The van der Waals surface area contributed by atoms with Crippen LogP contribution in [-0.4, -0.2) is 76.1 Å². The number of pyridine rings is 1. The molecule has 6 nitrogen and oxygen atoms in total. The number of anilines is 1. The molecule has 1 N–H and O–H groups in total. The molecule has 5 rings (SSSR count). The van der Waals surface area contributed by atoms with Crippen LogP contribution in [0.2, 0.25) is 0 Å². The molecular weight excluding hydrogens is 372 g/mol. The Balaban J connectivity index is 1.22. The molecule has 3 aliphatic rings. The molecule has 0 atom stereocenters. The molecule has 0 unspecified atom stereocenters. The van der Waals surface area contributed by atoms with Crippen molar-refractivity contribution in [2.24, 2.45) is 0 Å². The van der Waals surface area contributed by atoms with E-state index in [1.807, 2.05) is 6.20 Å². The van der Waals surface area contributed by atoms with E-state index < -0.39 is 0 Å². The van der Waals surface area contributed by atoms with Crippen molar-refractivity contribution in [2.75, 3.05) is 44.2 Å². The number of likely N-dealkylation sites (tertiary alicyclic amines) is 1. The Morgan fingerprint density at radius 1 is 0.967 bits per heavy atom. The second-order valence-electron chi connectivity index (χ2n) is 9.58. The third kappa shape index (κ3) is 4.40. The standard InChI is InChI=1S/C24H36N6/c1-18(2)28-13-9-20(10-14-28)29-11-4-12-30(16-15-29)23-6-3-5-21(26-23)24-25-17-22(27-24)19-7-8-19/h3,5-6,17-20H,4,7-16H2,1-2H3,(H,25,27). The van der Waals surface area contributed by atoms with E-state index >= 15 is 0 Å². The van der Waals surface area contributed by atoms with Gasteiger partial charge in [-0.1, -0.05) is 6.07 Å². The number of nitrogens with zero attached hydrogens (tertiary/aromatic N) is 5. The van der Waals surface area contributed by atoms with Gasteiger partial charge < -0.3 is 14.8 Å². The van der Waals surface area contributed by atoms with E-state index in [1.54, 1.807) is 0 Å². The molecule has 0 aromatic carbocycles. The number of imidazole rings is 1. The van der Waals surface area contributed by atoms with Gasteiger partial charge in [-0.15, -0.1) is 0 Å². The number of nitrogens with one attached hydrogen (secondary N) is 1. The highest BCUT2D eigenvalue weighted by Gasteiger charge is 2.28. The van der Waals surface area contributed by atoms with Crippen molar-refractivity contribution in [1.82, 2.24) is 24.8 Å². The first-order valence-electron chi connectivity index (χ1n) is 11.9. The Morgan fingerprint density at radius 3 is 2.57 bits per heavy atom. The van der Waals surface area contributed by atoms with Crippen molar-refractivity contribution in [3.05, 3.63) is 30.1 Å². The lowest BCUT2D eigenvalue weighted by molar-refractivity contribution is 0.0965. The van der Waals surface area contributed by atoms with E-state index in [1.165, 1.54) is 57.4 Å². The van der Waals surface area contributed by atoms with Gasteiger partial charge in [0.1, 0.15) is 11.5 Å². The molecule has 6 heteroatoms. The Labute approximate surface area is 180 Å². The lowest BCUT2D eigenvalue weighted by Crippen LogP contribution is -2.47. The molecule has 2 aliphatic heterocycles. The zero-order valence-corrected chi connectivity index (χ0v) is 18.6. The average Bonchev–Trinajstić information content (AvgIpc) is 3.56. The van der Waals surface area contributed by atoms with Gasteiger partial charge in [-0.05, 0) is 71.2 Å². The summed E-state index contributed by atoms with van der Waals surface area (Å²) in [5, 5.41) is 0. The molecular formula is C24H36N6. The van der Waals surface area contributed by atoms with Gasteiger partial charge in [0.05, 0.1) is 0 Å². The van der Waals surface area contributed by atoms with E-state index in [0.717, 1.165) is 43.0 Å². The first-order chi connectivity index (χ1) is 14.7. The molecule has 0 radical (unpaired) electrons. The van der Waals surface area contributed by atoms with E-state index in [4.69, 9.17) is 4.98 Å². The number of piperidine rings is 1. The lowest BCUT2D eigenvalue weighted by atomic mass is 10.0. The molecule has 1 aliphatic carbocycles. The van der Waals surface area contributed by atoms with Crippen molar-refractivity contribution >= 4 is 5.82 Å². The number of hydrogen-bond donors (Lipinski definition) is 1. The number of H-pyrrole nitrogens is 1. The minimum absolute atomic E-state index is 0.679. The summed E-state index contributed by atoms with van der Waals surface area (Å²) in [6.45, 7) is 11.6. The highest BCUT2D eigenvalue weighted by Crippen LogP contribution is 2.39. The van der Waals surface area contributed by atoms with Crippen molar-refractivity contribution in [2.45, 2.75) is 64.0 Å². The van der Waals surface area contributed by atoms with Gasteiger partial charge in [-0.2, -0.15) is 0 Å². The summed E-state index contributed by atoms with van der Waals surface area (Å²) >= 11 is 0. The Morgan fingerprint density at radius 2 is 1.80 bits per heavy atom. The zero-order chi connectivity index (χ0) is 20.5. The summed E-state index contributed by atoms with van der Waals surface area (Å²) in [5.74, 6) is 2.69. The van der Waals surface area contributed by atoms with Gasteiger partial charge in [0, 0.05) is 56.1 Å². The van der Waals surface area contributed by atoms with Crippen LogP contribution in [0.1, 0.15) is 57.6 Å². The van der Waals surface area contributed by atoms with Crippen LogP contribution in [0.15, 0.2) is 24.4 Å². The van der Waals surface area contributed by atoms with Crippen molar-refractivity contribution < 1.29 is 0 Å². The van der Waals surface area contributed by atoms with Crippen LogP contribution in [0.4, 0.5) is 5.82 Å². The highest BCUT2D eigenvalue weighted by molar-refractivity contribution is 5.54. The van der Waals surface area contributed by atoms with Gasteiger partial charge in [-0.25, -0.2) is 9.97 Å². The zero-order valence-electron chi connectivity index (χ0n) is 18.6. The van der Waals surface area contributed by atoms with Gasteiger partial charge in [0.25, 0.3) is 0 Å². The number of rotatable bonds is 5. The van der Waals surface area contributed by atoms with Crippen LogP contribution in [0.25, 0.3) is 11.5 Å². The average molecular weight is 409 g/mol. The van der Waals surface area contributed by atoms with Gasteiger partial charge in [-0.3, -0.25) is 4.90 Å². The quantitative estimate of drug-likeness (QED) is 0.817. The molecule has 162 valence electrons. The first-order valence-corrected chi connectivity index (χ1v) is 11.9. The van der Waals surface area contributed by atoms with Crippen molar-refractivity contribution in [1.29, 1.82) is 0 Å². The minimum Gasteiger partial charge on any atom is -0.355 e. The number of aromatic nitrogens is 3. The van der Waals surface area contributed by atoms with Crippen LogP contribution in [0, 0.1) is 0 Å². The van der Waals surface area contributed by atoms with Gasteiger partial charge in [0.2, 0.25) is 0 Å². The largest absolute Gasteiger partial charge is 0.355 e. The predicted octanol–water partition coefficient (Wildman–Crippen LogP) is 3.73. The molecule has 30 heavy (non-hydrogen) atoms. The van der Waals surface area contributed by atoms with Crippen molar-refractivity contribution in [3.63, 3.8) is 0 Å². The van der Waals surface area contributed by atoms with Crippen LogP contribution < -0.4 is 4.90 Å². The number of aromatic amines is 1. The Bertz CT molecular complexity index is 834. The Kier molecular flexibility index (Phi) is 5.79. The van der Waals surface area contributed by atoms with E-state index in [-0.39, 0.29) is 0 Å². The summed E-state index contributed by atoms with van der Waals surface area (Å²) in [7, 11) is 0. The Hall–Kier alpha value is -1.92. The molecule has 4 heterocycles. The third-order valence-corrected chi connectivity index (χ3v) is 7.19. The van der Waals surface area contributed by atoms with Crippen LogP contribution in [-0.2, 0) is 0 Å². The smallest absolute Gasteiger partial charge is 0.156 e. The van der Waals surface area contributed by atoms with Crippen LogP contribution in [0.5, 0.6) is 0 Å². The summed E-state index contributed by atoms with van der Waals surface area (Å²) in [6.07, 6.45) is 8.41. The van der Waals surface area contributed by atoms with Crippen LogP contribution >= 0.6 is 0 Å². The van der Waals surface area contributed by atoms with Gasteiger partial charge >= 0.3 is 0 Å². The SMILES string of the molecule is CC(C)N1CCC(N2CCCN(c3cccc(-c4ncc(C5CC5)[nH]4)n3)CC2)CC1. The molecule has 1 saturated carbocycles. The molecule has 2 aromatic heterocycles. The second-order valence-corrected chi connectivity index (χ2v) is 9.58. The lowest BCUT2D eigenvalue weighted by Gasteiger charge is -2.39. The van der Waals surface area contributed by atoms with E-state index in [9.17, 15) is 0 Å². The summed E-state index contributed by atoms with van der Waals surface area (Å²) in [6, 6.07) is 7.79. The summed E-state index contributed by atoms with van der Waals surface area (Å²) in [4.78, 5) is 20.9. The normalized spacial score (nSPS) is 22.6. The minimum atomic E-state index is 0.679. The van der Waals surface area contributed by atoms with E-state index in [2.05, 4.69) is 56.7 Å². The second kappa shape index (κ2) is 8.67. The monoisotopic (exact) mass is 408 g/mol. The maximum atomic E-state index is 4.98. The molecule has 2 aromatic rings. The molecule has 0 spiro atoms. The van der Waals surface area contributed by atoms with E-state index in [0.29, 0.717) is 12.0 Å². The molecule has 0 bridgehead atoms. The first kappa shape index (κ1) is 20.0. The highest BCUT2D eigenvalue weighted by atomic mass is 15.3. The molecule has 2 saturated heterocycles. The van der Waals surface area contributed by atoms with Crippen LogP contribution in [0.3, 0.4) is 0 Å². The third-order valence-electron chi connectivity index (χ3n) is 7.19. The topological polar surface area (TPSA) is 51.3 Å². The summed E-state index contributed by atoms with van der Waals surface area (Å²) in [5.41, 5.74) is 2.23. The predicted molar refractivity (Wildman–Crippen MR) is 122 cm³/mol. The maximum Gasteiger partial charge on any atom is 0.156 e. The summed E-state index contributed by atoms with van der Waals surface area (Å²) < 4.78 is 0. The fraction of sp³-hybridized carbons (Fsp3) is 0.667.